The Morgan fingerprint density at radius 3 is 2.58 bits per heavy atom. The van der Waals surface area contributed by atoms with Crippen LogP contribution < -0.4 is 5.32 Å². The highest BCUT2D eigenvalue weighted by Gasteiger charge is 2.21. The molecule has 72 valence electrons. The molecule has 0 aromatic heterocycles. The topological polar surface area (TPSA) is 12.0 Å². The van der Waals surface area contributed by atoms with Gasteiger partial charge in [-0.3, -0.25) is 0 Å². The zero-order valence-electron chi connectivity index (χ0n) is 8.77. The third kappa shape index (κ3) is 2.78. The maximum absolute atomic E-state index is 3.72. The minimum absolute atomic E-state index is 0.704. The molecular formula is C11H23N. The predicted molar refractivity (Wildman–Crippen MR) is 54.3 cm³/mol. The molecule has 0 aromatic rings. The van der Waals surface area contributed by atoms with E-state index in [0.29, 0.717) is 6.04 Å². The fraction of sp³-hybridized carbons (Fsp3) is 1.00. The standard InChI is InChI=1S/C11H23N/c1-4-10(3)12-11-8-6-5-7-9(11)2/h9-12H,4-8H2,1-3H3/t9-,10+,11+/m0/s1. The fourth-order valence-corrected chi connectivity index (χ4v) is 2.05. The van der Waals surface area contributed by atoms with E-state index in [4.69, 9.17) is 0 Å². The molecule has 0 heterocycles. The molecule has 3 atom stereocenters. The second-order valence-electron chi connectivity index (χ2n) is 4.34. The van der Waals surface area contributed by atoms with Crippen LogP contribution in [0.4, 0.5) is 0 Å². The Kier molecular flexibility index (Phi) is 4.07. The summed E-state index contributed by atoms with van der Waals surface area (Å²) in [5.74, 6) is 0.896. The highest BCUT2D eigenvalue weighted by atomic mass is 14.9. The summed E-state index contributed by atoms with van der Waals surface area (Å²) in [5.41, 5.74) is 0. The summed E-state index contributed by atoms with van der Waals surface area (Å²) >= 11 is 0. The van der Waals surface area contributed by atoms with Gasteiger partial charge in [-0.2, -0.15) is 0 Å². The van der Waals surface area contributed by atoms with E-state index in [1.165, 1.54) is 32.1 Å². The molecule has 1 saturated carbocycles. The molecule has 0 aliphatic heterocycles. The van der Waals surface area contributed by atoms with Gasteiger partial charge < -0.3 is 5.32 Å². The van der Waals surface area contributed by atoms with Gasteiger partial charge in [0.05, 0.1) is 0 Å². The minimum atomic E-state index is 0.704. The van der Waals surface area contributed by atoms with Gasteiger partial charge in [0.1, 0.15) is 0 Å². The van der Waals surface area contributed by atoms with Crippen molar-refractivity contribution in [1.29, 1.82) is 0 Å². The van der Waals surface area contributed by atoms with E-state index in [1.807, 2.05) is 0 Å². The minimum Gasteiger partial charge on any atom is -0.311 e. The molecule has 1 heteroatoms. The van der Waals surface area contributed by atoms with Gasteiger partial charge >= 0.3 is 0 Å². The lowest BCUT2D eigenvalue weighted by molar-refractivity contribution is 0.260. The third-order valence-electron chi connectivity index (χ3n) is 3.22. The molecule has 1 aliphatic rings. The van der Waals surface area contributed by atoms with Gasteiger partial charge in [-0.15, -0.1) is 0 Å². The Morgan fingerprint density at radius 1 is 1.33 bits per heavy atom. The lowest BCUT2D eigenvalue weighted by Crippen LogP contribution is -2.41. The quantitative estimate of drug-likeness (QED) is 0.685. The van der Waals surface area contributed by atoms with Crippen molar-refractivity contribution in [2.75, 3.05) is 0 Å². The van der Waals surface area contributed by atoms with Crippen molar-refractivity contribution in [3.05, 3.63) is 0 Å². The van der Waals surface area contributed by atoms with E-state index in [1.54, 1.807) is 0 Å². The Morgan fingerprint density at radius 2 is 2.00 bits per heavy atom. The van der Waals surface area contributed by atoms with Crippen LogP contribution in [0.2, 0.25) is 0 Å². The number of hydrogen-bond acceptors (Lipinski definition) is 1. The zero-order valence-corrected chi connectivity index (χ0v) is 8.77. The molecule has 0 saturated heterocycles. The fourth-order valence-electron chi connectivity index (χ4n) is 2.05. The Labute approximate surface area is 76.9 Å². The summed E-state index contributed by atoms with van der Waals surface area (Å²) < 4.78 is 0. The van der Waals surface area contributed by atoms with Gasteiger partial charge in [0.25, 0.3) is 0 Å². The van der Waals surface area contributed by atoms with Crippen molar-refractivity contribution < 1.29 is 0 Å². The van der Waals surface area contributed by atoms with Crippen molar-refractivity contribution in [3.63, 3.8) is 0 Å². The maximum atomic E-state index is 3.72. The average molecular weight is 169 g/mol. The van der Waals surface area contributed by atoms with Crippen LogP contribution in [0.25, 0.3) is 0 Å². The molecule has 0 spiro atoms. The molecule has 1 aliphatic carbocycles. The summed E-state index contributed by atoms with van der Waals surface area (Å²) in [5, 5.41) is 3.72. The van der Waals surface area contributed by atoms with E-state index >= 15 is 0 Å². The van der Waals surface area contributed by atoms with Crippen LogP contribution >= 0.6 is 0 Å². The third-order valence-corrected chi connectivity index (χ3v) is 3.22. The van der Waals surface area contributed by atoms with E-state index in [0.717, 1.165) is 12.0 Å². The van der Waals surface area contributed by atoms with Crippen LogP contribution in [0.1, 0.15) is 52.9 Å². The van der Waals surface area contributed by atoms with E-state index in [2.05, 4.69) is 26.1 Å². The molecule has 0 unspecified atom stereocenters. The molecule has 1 nitrogen and oxygen atoms in total. The van der Waals surface area contributed by atoms with Crippen LogP contribution in [0, 0.1) is 5.92 Å². The van der Waals surface area contributed by atoms with Crippen LogP contribution in [0.15, 0.2) is 0 Å². The van der Waals surface area contributed by atoms with Crippen molar-refractivity contribution in [2.45, 2.75) is 65.0 Å². The summed E-state index contributed by atoms with van der Waals surface area (Å²) in [6.07, 6.45) is 6.95. The molecule has 1 rings (SSSR count). The first-order valence-electron chi connectivity index (χ1n) is 5.50. The lowest BCUT2D eigenvalue weighted by atomic mass is 9.85. The Hall–Kier alpha value is -0.0400. The van der Waals surface area contributed by atoms with Crippen molar-refractivity contribution in [3.8, 4) is 0 Å². The molecule has 1 N–H and O–H groups in total. The summed E-state index contributed by atoms with van der Waals surface area (Å²) in [4.78, 5) is 0. The zero-order chi connectivity index (χ0) is 8.97. The smallest absolute Gasteiger partial charge is 0.00951 e. The first-order valence-corrected chi connectivity index (χ1v) is 5.50. The molecule has 0 radical (unpaired) electrons. The van der Waals surface area contributed by atoms with E-state index in [9.17, 15) is 0 Å². The highest BCUT2D eigenvalue weighted by Crippen LogP contribution is 2.24. The average Bonchev–Trinajstić information content (AvgIpc) is 2.09. The molecule has 12 heavy (non-hydrogen) atoms. The van der Waals surface area contributed by atoms with Crippen LogP contribution in [-0.2, 0) is 0 Å². The van der Waals surface area contributed by atoms with Crippen molar-refractivity contribution in [1.82, 2.24) is 5.32 Å². The number of rotatable bonds is 3. The van der Waals surface area contributed by atoms with Crippen LogP contribution in [0.5, 0.6) is 0 Å². The Balaban J connectivity index is 2.28. The number of hydrogen-bond donors (Lipinski definition) is 1. The predicted octanol–water partition coefficient (Wildman–Crippen LogP) is 2.95. The van der Waals surface area contributed by atoms with Gasteiger partial charge in [-0.05, 0) is 32.1 Å². The highest BCUT2D eigenvalue weighted by molar-refractivity contribution is 4.79. The molecule has 0 bridgehead atoms. The summed E-state index contributed by atoms with van der Waals surface area (Å²) in [6.45, 7) is 6.94. The normalized spacial score (nSPS) is 33.2. The van der Waals surface area contributed by atoms with Gasteiger partial charge in [0.15, 0.2) is 0 Å². The molecule has 0 amide bonds. The van der Waals surface area contributed by atoms with Crippen molar-refractivity contribution in [2.24, 2.45) is 5.92 Å². The summed E-state index contributed by atoms with van der Waals surface area (Å²) in [7, 11) is 0. The van der Waals surface area contributed by atoms with E-state index in [-0.39, 0.29) is 0 Å². The largest absolute Gasteiger partial charge is 0.311 e. The van der Waals surface area contributed by atoms with Crippen LogP contribution in [-0.4, -0.2) is 12.1 Å². The lowest BCUT2D eigenvalue weighted by Gasteiger charge is -2.31. The molecule has 0 aromatic carbocycles. The van der Waals surface area contributed by atoms with Crippen LogP contribution in [0.3, 0.4) is 0 Å². The van der Waals surface area contributed by atoms with Gasteiger partial charge in [0, 0.05) is 12.1 Å². The van der Waals surface area contributed by atoms with Gasteiger partial charge in [-0.25, -0.2) is 0 Å². The van der Waals surface area contributed by atoms with Gasteiger partial charge in [-0.1, -0.05) is 26.7 Å². The number of nitrogens with one attached hydrogen (secondary N) is 1. The monoisotopic (exact) mass is 169 g/mol. The van der Waals surface area contributed by atoms with E-state index < -0.39 is 0 Å². The Bertz CT molecular complexity index is 122. The second-order valence-corrected chi connectivity index (χ2v) is 4.34. The second kappa shape index (κ2) is 4.86. The molecule has 1 fully saturated rings. The first-order chi connectivity index (χ1) is 5.74. The SMILES string of the molecule is CC[C@@H](C)N[C@@H]1CCCC[C@@H]1C. The molecular weight excluding hydrogens is 146 g/mol. The summed E-state index contributed by atoms with van der Waals surface area (Å²) in [6, 6.07) is 1.50. The first kappa shape index (κ1) is 10.0. The maximum Gasteiger partial charge on any atom is 0.00951 e. The van der Waals surface area contributed by atoms with Gasteiger partial charge in [0.2, 0.25) is 0 Å². The van der Waals surface area contributed by atoms with Crippen molar-refractivity contribution >= 4 is 0 Å².